The molecule has 1 saturated heterocycles. The lowest BCUT2D eigenvalue weighted by Gasteiger charge is -2.17. The highest BCUT2D eigenvalue weighted by Crippen LogP contribution is 2.18. The van der Waals surface area contributed by atoms with Gasteiger partial charge in [0.25, 0.3) is 5.91 Å². The molecule has 114 valence electrons. The summed E-state index contributed by atoms with van der Waals surface area (Å²) in [6, 6.07) is 10.9. The SMILES string of the molecule is Nc1ccc(C(=O)NCc2ccnc(N3CCCC3)c2)cc1. The highest BCUT2D eigenvalue weighted by Gasteiger charge is 2.13. The molecule has 1 aliphatic heterocycles. The second kappa shape index (κ2) is 6.47. The van der Waals surface area contributed by atoms with Crippen molar-refractivity contribution < 1.29 is 4.79 Å². The Morgan fingerprint density at radius 1 is 1.18 bits per heavy atom. The standard InChI is InChI=1S/C17H20N4O/c18-15-5-3-14(4-6-15)17(22)20-12-13-7-8-19-16(11-13)21-9-1-2-10-21/h3-8,11H,1-2,9-10,12,18H2,(H,20,22). The van der Waals surface area contributed by atoms with Crippen LogP contribution in [0.5, 0.6) is 0 Å². The lowest BCUT2D eigenvalue weighted by Crippen LogP contribution is -2.23. The Hall–Kier alpha value is -2.56. The van der Waals surface area contributed by atoms with E-state index in [1.54, 1.807) is 30.5 Å². The van der Waals surface area contributed by atoms with Crippen LogP contribution in [0.15, 0.2) is 42.6 Å². The Labute approximate surface area is 130 Å². The smallest absolute Gasteiger partial charge is 0.251 e. The number of nitrogen functional groups attached to an aromatic ring is 1. The van der Waals surface area contributed by atoms with Gasteiger partial charge in [0.2, 0.25) is 0 Å². The second-order valence-electron chi connectivity index (χ2n) is 5.52. The minimum Gasteiger partial charge on any atom is -0.399 e. The summed E-state index contributed by atoms with van der Waals surface area (Å²) in [4.78, 5) is 18.8. The van der Waals surface area contributed by atoms with Crippen LogP contribution in [0, 0.1) is 0 Å². The third-order valence-electron chi connectivity index (χ3n) is 3.87. The number of nitrogens with one attached hydrogen (secondary N) is 1. The molecule has 5 nitrogen and oxygen atoms in total. The lowest BCUT2D eigenvalue weighted by atomic mass is 10.2. The molecule has 3 rings (SSSR count). The molecule has 0 saturated carbocycles. The maximum absolute atomic E-state index is 12.1. The van der Waals surface area contributed by atoms with E-state index < -0.39 is 0 Å². The Morgan fingerprint density at radius 2 is 1.91 bits per heavy atom. The molecule has 0 radical (unpaired) electrons. The molecule has 3 N–H and O–H groups in total. The van der Waals surface area contributed by atoms with Gasteiger partial charge in [0.1, 0.15) is 5.82 Å². The first-order valence-electron chi connectivity index (χ1n) is 7.56. The van der Waals surface area contributed by atoms with Gasteiger partial charge >= 0.3 is 0 Å². The summed E-state index contributed by atoms with van der Waals surface area (Å²) in [6.07, 6.45) is 4.25. The molecule has 0 atom stereocenters. The highest BCUT2D eigenvalue weighted by molar-refractivity contribution is 5.94. The summed E-state index contributed by atoms with van der Waals surface area (Å²) >= 11 is 0. The van der Waals surface area contributed by atoms with E-state index in [0.717, 1.165) is 24.5 Å². The third kappa shape index (κ3) is 3.36. The topological polar surface area (TPSA) is 71.2 Å². The largest absolute Gasteiger partial charge is 0.399 e. The van der Waals surface area contributed by atoms with Gasteiger partial charge in [-0.05, 0) is 54.8 Å². The molecule has 0 aliphatic carbocycles. The van der Waals surface area contributed by atoms with Crippen molar-refractivity contribution in [3.8, 4) is 0 Å². The molecule has 0 bridgehead atoms. The van der Waals surface area contributed by atoms with Crippen LogP contribution in [0.2, 0.25) is 0 Å². The number of benzene rings is 1. The zero-order valence-electron chi connectivity index (χ0n) is 12.5. The number of rotatable bonds is 4. The Balaban J connectivity index is 1.62. The van der Waals surface area contributed by atoms with E-state index in [1.807, 2.05) is 6.07 Å². The van der Waals surface area contributed by atoms with E-state index >= 15 is 0 Å². The van der Waals surface area contributed by atoms with E-state index in [9.17, 15) is 4.79 Å². The number of anilines is 2. The predicted molar refractivity (Wildman–Crippen MR) is 87.7 cm³/mol. The molecular formula is C17H20N4O. The first kappa shape index (κ1) is 14.4. The number of carbonyl (C=O) groups excluding carboxylic acids is 1. The molecule has 0 unspecified atom stereocenters. The summed E-state index contributed by atoms with van der Waals surface area (Å²) in [5.41, 5.74) is 7.95. The van der Waals surface area contributed by atoms with Crippen LogP contribution in [0.4, 0.5) is 11.5 Å². The Kier molecular flexibility index (Phi) is 4.23. The second-order valence-corrected chi connectivity index (χ2v) is 5.52. The van der Waals surface area contributed by atoms with Crippen LogP contribution in [-0.2, 0) is 6.54 Å². The van der Waals surface area contributed by atoms with Gasteiger partial charge in [-0.25, -0.2) is 4.98 Å². The molecule has 1 aromatic heterocycles. The van der Waals surface area contributed by atoms with Crippen molar-refractivity contribution in [3.05, 3.63) is 53.7 Å². The number of nitrogens with two attached hydrogens (primary N) is 1. The fourth-order valence-corrected chi connectivity index (χ4v) is 2.61. The number of aromatic nitrogens is 1. The first-order valence-corrected chi connectivity index (χ1v) is 7.56. The van der Waals surface area contributed by atoms with Gasteiger partial charge in [-0.15, -0.1) is 0 Å². The number of carbonyl (C=O) groups is 1. The summed E-state index contributed by atoms with van der Waals surface area (Å²) < 4.78 is 0. The molecule has 1 fully saturated rings. The van der Waals surface area contributed by atoms with Gasteiger partial charge < -0.3 is 16.0 Å². The Bertz CT molecular complexity index is 648. The van der Waals surface area contributed by atoms with Crippen molar-refractivity contribution in [2.45, 2.75) is 19.4 Å². The summed E-state index contributed by atoms with van der Waals surface area (Å²) in [6.45, 7) is 2.62. The van der Waals surface area contributed by atoms with Crippen LogP contribution >= 0.6 is 0 Å². The molecule has 1 amide bonds. The van der Waals surface area contributed by atoms with Crippen molar-refractivity contribution >= 4 is 17.4 Å². The predicted octanol–water partition coefficient (Wildman–Crippen LogP) is 2.19. The fourth-order valence-electron chi connectivity index (χ4n) is 2.61. The van der Waals surface area contributed by atoms with Crippen LogP contribution < -0.4 is 16.0 Å². The van der Waals surface area contributed by atoms with E-state index in [4.69, 9.17) is 5.73 Å². The number of hydrogen-bond acceptors (Lipinski definition) is 4. The van der Waals surface area contributed by atoms with E-state index in [-0.39, 0.29) is 5.91 Å². The van der Waals surface area contributed by atoms with Crippen molar-refractivity contribution in [1.29, 1.82) is 0 Å². The van der Waals surface area contributed by atoms with Crippen LogP contribution in [-0.4, -0.2) is 24.0 Å². The van der Waals surface area contributed by atoms with E-state index in [1.165, 1.54) is 12.8 Å². The summed E-state index contributed by atoms with van der Waals surface area (Å²) in [5, 5.41) is 2.93. The van der Waals surface area contributed by atoms with Gasteiger partial charge in [-0.3, -0.25) is 4.79 Å². The average molecular weight is 296 g/mol. The van der Waals surface area contributed by atoms with Crippen LogP contribution in [0.1, 0.15) is 28.8 Å². The summed E-state index contributed by atoms with van der Waals surface area (Å²) in [5.74, 6) is 0.899. The van der Waals surface area contributed by atoms with Crippen molar-refractivity contribution in [1.82, 2.24) is 10.3 Å². The molecule has 2 aromatic rings. The lowest BCUT2D eigenvalue weighted by molar-refractivity contribution is 0.0951. The van der Waals surface area contributed by atoms with Crippen molar-refractivity contribution in [2.75, 3.05) is 23.7 Å². The molecule has 22 heavy (non-hydrogen) atoms. The number of amides is 1. The molecule has 0 spiro atoms. The number of hydrogen-bond donors (Lipinski definition) is 2. The van der Waals surface area contributed by atoms with Gasteiger partial charge in [-0.1, -0.05) is 0 Å². The van der Waals surface area contributed by atoms with E-state index in [0.29, 0.717) is 17.8 Å². The van der Waals surface area contributed by atoms with Crippen molar-refractivity contribution in [2.24, 2.45) is 0 Å². The molecular weight excluding hydrogens is 276 g/mol. The van der Waals surface area contributed by atoms with Gasteiger partial charge in [-0.2, -0.15) is 0 Å². The minimum atomic E-state index is -0.0977. The van der Waals surface area contributed by atoms with Crippen molar-refractivity contribution in [3.63, 3.8) is 0 Å². The maximum Gasteiger partial charge on any atom is 0.251 e. The molecule has 2 heterocycles. The van der Waals surface area contributed by atoms with Gasteiger partial charge in [0.15, 0.2) is 0 Å². The third-order valence-corrected chi connectivity index (χ3v) is 3.87. The molecule has 5 heteroatoms. The van der Waals surface area contributed by atoms with Crippen LogP contribution in [0.25, 0.3) is 0 Å². The Morgan fingerprint density at radius 3 is 2.64 bits per heavy atom. The average Bonchev–Trinajstić information content (AvgIpc) is 3.08. The number of pyridine rings is 1. The summed E-state index contributed by atoms with van der Waals surface area (Å²) in [7, 11) is 0. The van der Waals surface area contributed by atoms with E-state index in [2.05, 4.69) is 21.3 Å². The number of nitrogens with zero attached hydrogens (tertiary/aromatic N) is 2. The fraction of sp³-hybridized carbons (Fsp3) is 0.294. The monoisotopic (exact) mass is 296 g/mol. The zero-order valence-corrected chi connectivity index (χ0v) is 12.5. The normalized spacial score (nSPS) is 14.1. The zero-order chi connectivity index (χ0) is 15.4. The minimum absolute atomic E-state index is 0.0977. The van der Waals surface area contributed by atoms with Crippen LogP contribution in [0.3, 0.4) is 0 Å². The molecule has 1 aromatic carbocycles. The quantitative estimate of drug-likeness (QED) is 0.848. The first-order chi connectivity index (χ1) is 10.7. The molecule has 1 aliphatic rings. The highest BCUT2D eigenvalue weighted by atomic mass is 16.1. The van der Waals surface area contributed by atoms with Gasteiger partial charge in [0, 0.05) is 37.1 Å². The van der Waals surface area contributed by atoms with Gasteiger partial charge in [0.05, 0.1) is 0 Å². The maximum atomic E-state index is 12.1.